The Hall–Kier alpha value is -0.730. The molecule has 10 heavy (non-hydrogen) atoms. The largest absolute Gasteiger partial charge is 0.303 e. The molecule has 0 aromatic rings. The van der Waals surface area contributed by atoms with Crippen LogP contribution < -0.4 is 0 Å². The molecule has 1 aliphatic rings. The number of rotatable bonds is 2. The topological polar surface area (TPSA) is 46.5 Å². The van der Waals surface area contributed by atoms with Crippen molar-refractivity contribution in [3.8, 4) is 0 Å². The molecule has 0 N–H and O–H groups in total. The maximum absolute atomic E-state index is 10.2. The third-order valence-corrected chi connectivity index (χ3v) is 2.08. The summed E-state index contributed by atoms with van der Waals surface area (Å²) >= 11 is 0. The molecule has 0 unspecified atom stereocenters. The number of carbonyl (C=O) groups excluding carboxylic acids is 1. The van der Waals surface area contributed by atoms with Gasteiger partial charge >= 0.3 is 0 Å². The van der Waals surface area contributed by atoms with Crippen LogP contribution in [0, 0.1) is 10.8 Å². The summed E-state index contributed by atoms with van der Waals surface area (Å²) in [5.41, 5.74) is 0. The molecule has 0 bridgehead atoms. The highest BCUT2D eigenvalue weighted by Gasteiger charge is 2.20. The van der Waals surface area contributed by atoms with E-state index in [2.05, 4.69) is 5.18 Å². The fourth-order valence-corrected chi connectivity index (χ4v) is 1.34. The first-order valence-corrected chi connectivity index (χ1v) is 3.64. The molecule has 1 aliphatic carbocycles. The summed E-state index contributed by atoms with van der Waals surface area (Å²) in [4.78, 5) is 20.3. The third kappa shape index (κ3) is 1.62. The van der Waals surface area contributed by atoms with Gasteiger partial charge in [-0.2, -0.15) is 4.91 Å². The maximum atomic E-state index is 10.2. The minimum atomic E-state index is -0.0174. The molecule has 0 aromatic heterocycles. The zero-order valence-electron chi connectivity index (χ0n) is 5.82. The number of nitroso groups, excluding NO2 is 1. The van der Waals surface area contributed by atoms with Crippen molar-refractivity contribution in [3.05, 3.63) is 4.91 Å². The van der Waals surface area contributed by atoms with Crippen LogP contribution >= 0.6 is 0 Å². The Balaban J connectivity index is 2.30. The lowest BCUT2D eigenvalue weighted by molar-refractivity contribution is -0.111. The smallest absolute Gasteiger partial charge is 0.123 e. The Morgan fingerprint density at radius 2 is 1.80 bits per heavy atom. The van der Waals surface area contributed by atoms with Gasteiger partial charge in [0.05, 0.1) is 6.04 Å². The molecule has 1 saturated carbocycles. The summed E-state index contributed by atoms with van der Waals surface area (Å²) in [6.45, 7) is 0. The Bertz CT molecular complexity index is 112. The molecule has 1 fully saturated rings. The van der Waals surface area contributed by atoms with Crippen LogP contribution in [-0.4, -0.2) is 12.3 Å². The van der Waals surface area contributed by atoms with Crippen molar-refractivity contribution >= 4 is 6.29 Å². The van der Waals surface area contributed by atoms with Crippen LogP contribution in [-0.2, 0) is 4.79 Å². The van der Waals surface area contributed by atoms with Gasteiger partial charge in [-0.3, -0.25) is 0 Å². The monoisotopic (exact) mass is 141 g/mol. The van der Waals surface area contributed by atoms with Gasteiger partial charge < -0.3 is 4.79 Å². The summed E-state index contributed by atoms with van der Waals surface area (Å²) in [6.07, 6.45) is 4.28. The van der Waals surface area contributed by atoms with Crippen LogP contribution in [0.25, 0.3) is 0 Å². The van der Waals surface area contributed by atoms with Crippen molar-refractivity contribution in [1.82, 2.24) is 0 Å². The van der Waals surface area contributed by atoms with E-state index in [1.807, 2.05) is 0 Å². The van der Waals surface area contributed by atoms with Gasteiger partial charge in [0, 0.05) is 5.92 Å². The van der Waals surface area contributed by atoms with Crippen molar-refractivity contribution in [2.75, 3.05) is 0 Å². The Kier molecular flexibility index (Phi) is 2.54. The van der Waals surface area contributed by atoms with Crippen molar-refractivity contribution in [2.24, 2.45) is 11.1 Å². The van der Waals surface area contributed by atoms with Crippen LogP contribution in [0.3, 0.4) is 0 Å². The molecular weight excluding hydrogens is 130 g/mol. The normalized spacial score (nSPS) is 33.2. The van der Waals surface area contributed by atoms with Crippen LogP contribution in [0.1, 0.15) is 25.7 Å². The quantitative estimate of drug-likeness (QED) is 0.432. The fourth-order valence-electron chi connectivity index (χ4n) is 1.34. The molecule has 0 radical (unpaired) electrons. The Morgan fingerprint density at radius 3 is 2.20 bits per heavy atom. The molecule has 56 valence electrons. The number of aldehydes is 1. The predicted molar refractivity (Wildman–Crippen MR) is 37.6 cm³/mol. The van der Waals surface area contributed by atoms with Gasteiger partial charge in [0.1, 0.15) is 6.29 Å². The van der Waals surface area contributed by atoms with E-state index in [0.29, 0.717) is 0 Å². The van der Waals surface area contributed by atoms with Gasteiger partial charge in [0.25, 0.3) is 0 Å². The minimum Gasteiger partial charge on any atom is -0.303 e. The van der Waals surface area contributed by atoms with Crippen LogP contribution in [0.5, 0.6) is 0 Å². The summed E-state index contributed by atoms with van der Waals surface area (Å²) in [5, 5.41) is 2.95. The maximum Gasteiger partial charge on any atom is 0.123 e. The molecule has 1 rings (SSSR count). The van der Waals surface area contributed by atoms with E-state index in [4.69, 9.17) is 0 Å². The van der Waals surface area contributed by atoms with E-state index in [1.54, 1.807) is 0 Å². The average Bonchev–Trinajstić information content (AvgIpc) is 2.05. The number of nitrogens with zero attached hydrogens (tertiary/aromatic N) is 1. The SMILES string of the molecule is O=CC1CCC(N=O)CC1. The Morgan fingerprint density at radius 1 is 1.20 bits per heavy atom. The van der Waals surface area contributed by atoms with E-state index in [-0.39, 0.29) is 12.0 Å². The average molecular weight is 141 g/mol. The van der Waals surface area contributed by atoms with Crippen LogP contribution in [0.2, 0.25) is 0 Å². The zero-order valence-corrected chi connectivity index (χ0v) is 5.82. The standard InChI is InChI=1S/C7H11NO2/c9-5-6-1-3-7(8-10)4-2-6/h5-7H,1-4H2. The molecule has 0 amide bonds. The molecule has 3 heteroatoms. The molecule has 3 nitrogen and oxygen atoms in total. The highest BCUT2D eigenvalue weighted by molar-refractivity contribution is 5.53. The molecule has 0 aliphatic heterocycles. The van der Waals surface area contributed by atoms with Crippen molar-refractivity contribution in [1.29, 1.82) is 0 Å². The predicted octanol–water partition coefficient (Wildman–Crippen LogP) is 1.51. The lowest BCUT2D eigenvalue weighted by atomic mass is 9.87. The summed E-state index contributed by atoms with van der Waals surface area (Å²) in [7, 11) is 0. The van der Waals surface area contributed by atoms with Crippen LogP contribution in [0.4, 0.5) is 0 Å². The van der Waals surface area contributed by atoms with E-state index in [1.165, 1.54) is 0 Å². The first-order chi connectivity index (χ1) is 4.86. The highest BCUT2D eigenvalue weighted by Crippen LogP contribution is 2.24. The minimum absolute atomic E-state index is 0.0174. The first-order valence-electron chi connectivity index (χ1n) is 3.64. The lowest BCUT2D eigenvalue weighted by Crippen LogP contribution is -2.17. The molecule has 0 heterocycles. The highest BCUT2D eigenvalue weighted by atomic mass is 16.3. The van der Waals surface area contributed by atoms with Crippen molar-refractivity contribution in [2.45, 2.75) is 31.7 Å². The van der Waals surface area contributed by atoms with E-state index >= 15 is 0 Å². The molecule has 0 spiro atoms. The van der Waals surface area contributed by atoms with E-state index in [0.717, 1.165) is 32.0 Å². The van der Waals surface area contributed by atoms with Crippen LogP contribution in [0.15, 0.2) is 5.18 Å². The number of hydrogen-bond donors (Lipinski definition) is 0. The van der Waals surface area contributed by atoms with Crippen molar-refractivity contribution in [3.63, 3.8) is 0 Å². The fraction of sp³-hybridized carbons (Fsp3) is 0.857. The van der Waals surface area contributed by atoms with Gasteiger partial charge in [-0.25, -0.2) is 0 Å². The lowest BCUT2D eigenvalue weighted by Gasteiger charge is -2.19. The van der Waals surface area contributed by atoms with E-state index < -0.39 is 0 Å². The number of carbonyl (C=O) groups is 1. The Labute approximate surface area is 59.8 Å². The van der Waals surface area contributed by atoms with E-state index in [9.17, 15) is 9.70 Å². The molecule has 0 saturated heterocycles. The second-order valence-corrected chi connectivity index (χ2v) is 2.81. The van der Waals surface area contributed by atoms with Gasteiger partial charge in [0.15, 0.2) is 0 Å². The number of hydrogen-bond acceptors (Lipinski definition) is 3. The third-order valence-electron chi connectivity index (χ3n) is 2.08. The summed E-state index contributed by atoms with van der Waals surface area (Å²) in [5.74, 6) is 0.193. The second kappa shape index (κ2) is 3.44. The second-order valence-electron chi connectivity index (χ2n) is 2.81. The molecule has 0 aromatic carbocycles. The van der Waals surface area contributed by atoms with Gasteiger partial charge in [-0.05, 0) is 25.7 Å². The summed E-state index contributed by atoms with van der Waals surface area (Å²) < 4.78 is 0. The zero-order chi connectivity index (χ0) is 7.40. The van der Waals surface area contributed by atoms with Crippen molar-refractivity contribution < 1.29 is 4.79 Å². The first kappa shape index (κ1) is 7.38. The van der Waals surface area contributed by atoms with Gasteiger partial charge in [-0.15, -0.1) is 0 Å². The summed E-state index contributed by atoms with van der Waals surface area (Å²) in [6, 6.07) is -0.0174. The molecular formula is C7H11NO2. The molecule has 0 atom stereocenters. The van der Waals surface area contributed by atoms with Gasteiger partial charge in [0.2, 0.25) is 0 Å². The van der Waals surface area contributed by atoms with Gasteiger partial charge in [-0.1, -0.05) is 5.18 Å².